The molecule has 0 amide bonds. The molecule has 2 heteroatoms. The molecule has 0 N–H and O–H groups in total. The molecule has 0 unspecified atom stereocenters. The molecule has 1 nitrogen and oxygen atoms in total. The van der Waals surface area contributed by atoms with Crippen molar-refractivity contribution in [2.75, 3.05) is 0 Å². The fourth-order valence-corrected chi connectivity index (χ4v) is 3.88. The summed E-state index contributed by atoms with van der Waals surface area (Å²) in [4.78, 5) is 0. The highest BCUT2D eigenvalue weighted by Gasteiger charge is 2.41. The molecule has 0 heterocycles. The van der Waals surface area contributed by atoms with Crippen molar-refractivity contribution in [3.8, 4) is 12.3 Å². The van der Waals surface area contributed by atoms with Gasteiger partial charge in [0.15, 0.2) is 0 Å². The van der Waals surface area contributed by atoms with Gasteiger partial charge < -0.3 is 4.43 Å². The maximum absolute atomic E-state index is 6.66. The molecule has 1 aliphatic carbocycles. The summed E-state index contributed by atoms with van der Waals surface area (Å²) in [6, 6.07) is 0. The lowest BCUT2D eigenvalue weighted by atomic mass is 9.78. The monoisotopic (exact) mass is 304 g/mol. The Hall–Kier alpha value is -0.943. The molecular weight excluding hydrogens is 272 g/mol. The lowest BCUT2D eigenvalue weighted by Gasteiger charge is -2.41. The van der Waals surface area contributed by atoms with Crippen LogP contribution in [0.1, 0.15) is 53.4 Å². The summed E-state index contributed by atoms with van der Waals surface area (Å²) >= 11 is 0. The number of terminal acetylenes is 1. The van der Waals surface area contributed by atoms with E-state index in [9.17, 15) is 0 Å². The molecule has 1 aliphatic rings. The van der Waals surface area contributed by atoms with Crippen molar-refractivity contribution in [2.45, 2.75) is 71.5 Å². The number of hydrogen-bond acceptors (Lipinski definition) is 1. The van der Waals surface area contributed by atoms with Crippen LogP contribution in [0.2, 0.25) is 18.1 Å². The van der Waals surface area contributed by atoms with Crippen molar-refractivity contribution < 1.29 is 4.43 Å². The molecule has 0 saturated carbocycles. The Balaban J connectivity index is 3.15. The van der Waals surface area contributed by atoms with Crippen molar-refractivity contribution in [3.05, 3.63) is 24.0 Å². The summed E-state index contributed by atoms with van der Waals surface area (Å²) in [6.07, 6.45) is 11.5. The maximum Gasteiger partial charge on any atom is 0.250 e. The van der Waals surface area contributed by atoms with Gasteiger partial charge in [-0.05, 0) is 48.4 Å². The minimum Gasteiger partial charge on any atom is -0.547 e. The second-order valence-corrected chi connectivity index (χ2v) is 12.7. The quantitative estimate of drug-likeness (QED) is 0.348. The Morgan fingerprint density at radius 3 is 2.52 bits per heavy atom. The zero-order chi connectivity index (χ0) is 16.3. The van der Waals surface area contributed by atoms with Gasteiger partial charge in [-0.1, -0.05) is 33.8 Å². The van der Waals surface area contributed by atoms with Gasteiger partial charge in [-0.3, -0.25) is 0 Å². The van der Waals surface area contributed by atoms with Gasteiger partial charge in [-0.25, -0.2) is 0 Å². The smallest absolute Gasteiger partial charge is 0.250 e. The van der Waals surface area contributed by atoms with E-state index in [0.717, 1.165) is 19.3 Å². The lowest BCUT2D eigenvalue weighted by Crippen LogP contribution is -2.41. The molecular formula is C19H32OSi. The van der Waals surface area contributed by atoms with Crippen LogP contribution in [0, 0.1) is 24.2 Å². The highest BCUT2D eigenvalue weighted by atomic mass is 28.4. The highest BCUT2D eigenvalue weighted by Crippen LogP contribution is 2.43. The van der Waals surface area contributed by atoms with E-state index in [1.807, 2.05) is 6.08 Å². The van der Waals surface area contributed by atoms with Gasteiger partial charge in [-0.2, -0.15) is 0 Å². The standard InChI is InChI=1S/C19H32OSi/c1-9-11-16-13-15(3)14-18(17(16)12-10-2)20-21(7,8)19(4,5)6/h1,10,15-16H,2,11-14H2,3-8H3/t15-,16-/m1/s1. The van der Waals surface area contributed by atoms with Crippen LogP contribution in [-0.2, 0) is 4.43 Å². The second kappa shape index (κ2) is 6.88. The lowest BCUT2D eigenvalue weighted by molar-refractivity contribution is 0.283. The van der Waals surface area contributed by atoms with Crippen molar-refractivity contribution in [2.24, 2.45) is 11.8 Å². The minimum atomic E-state index is -1.79. The molecule has 118 valence electrons. The van der Waals surface area contributed by atoms with Crippen LogP contribution >= 0.6 is 0 Å². The molecule has 0 radical (unpaired) electrons. The van der Waals surface area contributed by atoms with Gasteiger partial charge in [0.1, 0.15) is 0 Å². The van der Waals surface area contributed by atoms with Gasteiger partial charge in [0, 0.05) is 12.8 Å². The van der Waals surface area contributed by atoms with E-state index in [1.54, 1.807) is 0 Å². The molecule has 0 fully saturated rings. The summed E-state index contributed by atoms with van der Waals surface area (Å²) in [5, 5.41) is 0.224. The van der Waals surface area contributed by atoms with Crippen molar-refractivity contribution in [1.29, 1.82) is 0 Å². The molecule has 21 heavy (non-hydrogen) atoms. The molecule has 0 aliphatic heterocycles. The third kappa shape index (κ3) is 4.51. The van der Waals surface area contributed by atoms with Crippen molar-refractivity contribution in [3.63, 3.8) is 0 Å². The Bertz CT molecular complexity index is 445. The van der Waals surface area contributed by atoms with Crippen LogP contribution < -0.4 is 0 Å². The molecule has 0 aromatic rings. The van der Waals surface area contributed by atoms with Crippen LogP contribution in [0.15, 0.2) is 24.0 Å². The van der Waals surface area contributed by atoms with E-state index in [4.69, 9.17) is 10.8 Å². The Kier molecular flexibility index (Phi) is 5.93. The largest absolute Gasteiger partial charge is 0.547 e. The predicted molar refractivity (Wildman–Crippen MR) is 95.5 cm³/mol. The molecule has 0 bridgehead atoms. The van der Waals surface area contributed by atoms with Crippen LogP contribution in [0.3, 0.4) is 0 Å². The molecule has 0 aromatic heterocycles. The van der Waals surface area contributed by atoms with E-state index in [2.05, 4.69) is 53.3 Å². The Morgan fingerprint density at radius 2 is 2.05 bits per heavy atom. The van der Waals surface area contributed by atoms with Gasteiger partial charge in [0.2, 0.25) is 8.32 Å². The number of hydrogen-bond donors (Lipinski definition) is 0. The van der Waals surface area contributed by atoms with Crippen molar-refractivity contribution >= 4 is 8.32 Å². The summed E-state index contributed by atoms with van der Waals surface area (Å²) in [6.45, 7) is 17.7. The van der Waals surface area contributed by atoms with Gasteiger partial charge in [0.05, 0.1) is 5.76 Å². The van der Waals surface area contributed by atoms with Crippen molar-refractivity contribution in [1.82, 2.24) is 0 Å². The molecule has 0 aromatic carbocycles. The van der Waals surface area contributed by atoms with Gasteiger partial charge in [0.25, 0.3) is 0 Å². The molecule has 2 atom stereocenters. The van der Waals surface area contributed by atoms with E-state index in [-0.39, 0.29) is 5.04 Å². The van der Waals surface area contributed by atoms with Gasteiger partial charge in [-0.15, -0.1) is 18.9 Å². The molecule has 1 rings (SSSR count). The summed E-state index contributed by atoms with van der Waals surface area (Å²) in [5.41, 5.74) is 1.41. The SMILES string of the molecule is C#CC[C@@H]1C[C@@H](C)CC(O[Si](C)(C)C(C)(C)C)=C1CC=C. The third-order valence-corrected chi connectivity index (χ3v) is 9.35. The van der Waals surface area contributed by atoms with E-state index < -0.39 is 8.32 Å². The normalized spacial score (nSPS) is 23.7. The van der Waals surface area contributed by atoms with E-state index >= 15 is 0 Å². The maximum atomic E-state index is 6.66. The zero-order valence-corrected chi connectivity index (χ0v) is 15.8. The average Bonchev–Trinajstić information content (AvgIpc) is 2.32. The topological polar surface area (TPSA) is 9.23 Å². The minimum absolute atomic E-state index is 0.224. The molecule has 0 spiro atoms. The third-order valence-electron chi connectivity index (χ3n) is 4.98. The second-order valence-electron chi connectivity index (χ2n) is 7.95. The van der Waals surface area contributed by atoms with Gasteiger partial charge >= 0.3 is 0 Å². The first kappa shape index (κ1) is 18.1. The molecule has 0 saturated heterocycles. The number of rotatable bonds is 5. The fourth-order valence-electron chi connectivity index (χ4n) is 2.74. The van der Waals surface area contributed by atoms with Crippen LogP contribution in [0.5, 0.6) is 0 Å². The summed E-state index contributed by atoms with van der Waals surface area (Å²) in [7, 11) is -1.79. The first-order chi connectivity index (χ1) is 9.62. The summed E-state index contributed by atoms with van der Waals surface area (Å²) in [5.74, 6) is 5.19. The fraction of sp³-hybridized carbons (Fsp3) is 0.684. The zero-order valence-electron chi connectivity index (χ0n) is 14.8. The van der Waals surface area contributed by atoms with E-state index in [1.165, 1.54) is 17.8 Å². The van der Waals surface area contributed by atoms with E-state index in [0.29, 0.717) is 11.8 Å². The average molecular weight is 305 g/mol. The number of allylic oxidation sites excluding steroid dienone is 3. The first-order valence-corrected chi connectivity index (χ1v) is 11.0. The Morgan fingerprint density at radius 1 is 1.43 bits per heavy atom. The first-order valence-electron chi connectivity index (χ1n) is 8.07. The van der Waals surface area contributed by atoms with Crippen LogP contribution in [0.4, 0.5) is 0 Å². The predicted octanol–water partition coefficient (Wildman–Crippen LogP) is 5.91. The van der Waals surface area contributed by atoms with Crippen LogP contribution in [-0.4, -0.2) is 8.32 Å². The Labute approximate surface area is 133 Å². The summed E-state index contributed by atoms with van der Waals surface area (Å²) < 4.78 is 6.66. The highest BCUT2D eigenvalue weighted by molar-refractivity contribution is 6.74. The van der Waals surface area contributed by atoms with Crippen LogP contribution in [0.25, 0.3) is 0 Å².